The van der Waals surface area contributed by atoms with Crippen molar-refractivity contribution in [3.8, 4) is 5.75 Å². The first-order chi connectivity index (χ1) is 9.91. The van der Waals surface area contributed by atoms with Gasteiger partial charge in [-0.2, -0.15) is 0 Å². The van der Waals surface area contributed by atoms with Crippen molar-refractivity contribution in [2.45, 2.75) is 38.3 Å². The molecular weight excluding hydrogens is 268 g/mol. The number of nitrogens with two attached hydrogens (primary N) is 1. The topological polar surface area (TPSA) is 73.6 Å². The number of hydrogen-bond donors (Lipinski definition) is 2. The third-order valence-corrected chi connectivity index (χ3v) is 3.65. The maximum absolute atomic E-state index is 11.5. The summed E-state index contributed by atoms with van der Waals surface area (Å²) in [5.74, 6) is 0.405. The van der Waals surface area contributed by atoms with E-state index in [0.717, 1.165) is 12.2 Å². The van der Waals surface area contributed by atoms with E-state index in [4.69, 9.17) is 15.2 Å². The highest BCUT2D eigenvalue weighted by Crippen LogP contribution is 2.19. The molecule has 1 aromatic carbocycles. The molecule has 0 spiro atoms. The first kappa shape index (κ1) is 17.5. The lowest BCUT2D eigenvalue weighted by molar-refractivity contribution is -0.124. The zero-order chi connectivity index (χ0) is 15.9. The van der Waals surface area contributed by atoms with Crippen LogP contribution in [0.3, 0.4) is 0 Å². The molecule has 1 aromatic rings. The molecule has 0 saturated carbocycles. The van der Waals surface area contributed by atoms with Crippen molar-refractivity contribution in [3.05, 3.63) is 29.8 Å². The number of primary amides is 1. The van der Waals surface area contributed by atoms with Gasteiger partial charge in [0.25, 0.3) is 0 Å². The third-order valence-electron chi connectivity index (χ3n) is 3.65. The number of methoxy groups -OCH3 is 1. The number of nitrogens with one attached hydrogen (secondary N) is 1. The van der Waals surface area contributed by atoms with Crippen molar-refractivity contribution in [1.29, 1.82) is 0 Å². The fraction of sp³-hybridized carbons (Fsp3) is 0.562. The van der Waals surface area contributed by atoms with Crippen molar-refractivity contribution in [2.75, 3.05) is 20.8 Å². The van der Waals surface area contributed by atoms with Gasteiger partial charge in [-0.15, -0.1) is 0 Å². The van der Waals surface area contributed by atoms with Crippen LogP contribution in [0.1, 0.15) is 25.8 Å². The van der Waals surface area contributed by atoms with Crippen LogP contribution in [0.5, 0.6) is 5.75 Å². The Kier molecular flexibility index (Phi) is 6.65. The fourth-order valence-electron chi connectivity index (χ4n) is 2.13. The van der Waals surface area contributed by atoms with Gasteiger partial charge in [0.2, 0.25) is 5.91 Å². The fourth-order valence-corrected chi connectivity index (χ4v) is 2.13. The van der Waals surface area contributed by atoms with Gasteiger partial charge in [-0.25, -0.2) is 0 Å². The van der Waals surface area contributed by atoms with Gasteiger partial charge in [0.05, 0.1) is 18.2 Å². The van der Waals surface area contributed by atoms with Crippen LogP contribution in [0.25, 0.3) is 0 Å². The molecule has 2 atom stereocenters. The lowest BCUT2D eigenvalue weighted by Gasteiger charge is -2.28. The average Bonchev–Trinajstić information content (AvgIpc) is 2.46. The molecule has 0 heterocycles. The van der Waals surface area contributed by atoms with Crippen molar-refractivity contribution in [3.63, 3.8) is 0 Å². The maximum Gasteiger partial charge on any atom is 0.237 e. The molecule has 0 radical (unpaired) electrons. The number of likely N-dealkylation sites (N-methyl/N-ethyl adjacent to an activating group) is 1. The van der Waals surface area contributed by atoms with E-state index < -0.39 is 5.54 Å². The van der Waals surface area contributed by atoms with Gasteiger partial charge in [-0.3, -0.25) is 4.79 Å². The van der Waals surface area contributed by atoms with E-state index >= 15 is 0 Å². The molecule has 118 valence electrons. The molecule has 1 amide bonds. The Morgan fingerprint density at radius 1 is 1.38 bits per heavy atom. The summed E-state index contributed by atoms with van der Waals surface area (Å²) < 4.78 is 10.9. The predicted octanol–water partition coefficient (Wildman–Crippen LogP) is 1.50. The van der Waals surface area contributed by atoms with Gasteiger partial charge < -0.3 is 20.5 Å². The number of ether oxygens (including phenoxy) is 2. The molecule has 0 fully saturated rings. The molecule has 0 aliphatic carbocycles. The van der Waals surface area contributed by atoms with Crippen LogP contribution in [0.4, 0.5) is 0 Å². The summed E-state index contributed by atoms with van der Waals surface area (Å²) >= 11 is 0. The minimum Gasteiger partial charge on any atom is -0.491 e. The monoisotopic (exact) mass is 294 g/mol. The standard InChI is InChI=1S/C16H26N2O3/c1-12(11-16(2,18-3)15(17)19)21-14-7-5-13(6-8-14)9-10-20-4/h5-8,12,18H,9-11H2,1-4H3,(H2,17,19). The predicted molar refractivity (Wildman–Crippen MR) is 83.4 cm³/mol. The highest BCUT2D eigenvalue weighted by atomic mass is 16.5. The first-order valence-electron chi connectivity index (χ1n) is 7.14. The number of carbonyl (C=O) groups excluding carboxylic acids is 1. The van der Waals surface area contributed by atoms with Crippen molar-refractivity contribution in [2.24, 2.45) is 5.73 Å². The molecule has 21 heavy (non-hydrogen) atoms. The lowest BCUT2D eigenvalue weighted by atomic mass is 9.94. The van der Waals surface area contributed by atoms with Crippen molar-refractivity contribution < 1.29 is 14.3 Å². The third kappa shape index (κ3) is 5.36. The molecule has 0 saturated heterocycles. The number of carbonyl (C=O) groups is 1. The SMILES string of the molecule is CNC(C)(CC(C)Oc1ccc(CCOC)cc1)C(N)=O. The molecule has 2 unspecified atom stereocenters. The number of rotatable bonds is 9. The first-order valence-corrected chi connectivity index (χ1v) is 7.14. The number of benzene rings is 1. The molecule has 1 rings (SSSR count). The summed E-state index contributed by atoms with van der Waals surface area (Å²) in [6.07, 6.45) is 1.26. The van der Waals surface area contributed by atoms with E-state index in [9.17, 15) is 4.79 Å². The second kappa shape index (κ2) is 8.00. The summed E-state index contributed by atoms with van der Waals surface area (Å²) in [5, 5.41) is 2.96. The van der Waals surface area contributed by atoms with Gasteiger partial charge in [-0.05, 0) is 45.0 Å². The molecule has 5 nitrogen and oxygen atoms in total. The van der Waals surface area contributed by atoms with Crippen molar-refractivity contribution in [1.82, 2.24) is 5.32 Å². The zero-order valence-corrected chi connectivity index (χ0v) is 13.3. The summed E-state index contributed by atoms with van der Waals surface area (Å²) in [6.45, 7) is 4.41. The quantitative estimate of drug-likeness (QED) is 0.724. The van der Waals surface area contributed by atoms with Crippen LogP contribution in [0.2, 0.25) is 0 Å². The van der Waals surface area contributed by atoms with E-state index in [1.54, 1.807) is 21.1 Å². The Bertz CT molecular complexity index is 447. The number of amides is 1. The van der Waals surface area contributed by atoms with E-state index in [0.29, 0.717) is 13.0 Å². The average molecular weight is 294 g/mol. The van der Waals surface area contributed by atoms with Gasteiger partial charge in [0, 0.05) is 13.5 Å². The zero-order valence-electron chi connectivity index (χ0n) is 13.3. The van der Waals surface area contributed by atoms with Crippen molar-refractivity contribution >= 4 is 5.91 Å². The van der Waals surface area contributed by atoms with Gasteiger partial charge in [0.1, 0.15) is 5.75 Å². The van der Waals surface area contributed by atoms with Crippen LogP contribution < -0.4 is 15.8 Å². The van der Waals surface area contributed by atoms with E-state index in [-0.39, 0.29) is 12.0 Å². The Hall–Kier alpha value is -1.59. The largest absolute Gasteiger partial charge is 0.491 e. The van der Waals surface area contributed by atoms with E-state index in [2.05, 4.69) is 5.32 Å². The lowest BCUT2D eigenvalue weighted by Crippen LogP contribution is -2.53. The summed E-state index contributed by atoms with van der Waals surface area (Å²) in [4.78, 5) is 11.5. The van der Waals surface area contributed by atoms with Crippen LogP contribution in [-0.2, 0) is 16.0 Å². The molecule has 0 aliphatic rings. The Morgan fingerprint density at radius 2 is 2.00 bits per heavy atom. The summed E-state index contributed by atoms with van der Waals surface area (Å²) in [6, 6.07) is 7.91. The molecular formula is C16H26N2O3. The maximum atomic E-state index is 11.5. The normalized spacial score (nSPS) is 15.2. The second-order valence-electron chi connectivity index (χ2n) is 5.47. The van der Waals surface area contributed by atoms with Gasteiger partial charge in [-0.1, -0.05) is 12.1 Å². The van der Waals surface area contributed by atoms with Crippen LogP contribution in [0, 0.1) is 0 Å². The summed E-state index contributed by atoms with van der Waals surface area (Å²) in [7, 11) is 3.42. The Balaban J connectivity index is 2.58. The number of hydrogen-bond acceptors (Lipinski definition) is 4. The van der Waals surface area contributed by atoms with Crippen LogP contribution >= 0.6 is 0 Å². The minimum atomic E-state index is -0.766. The molecule has 3 N–H and O–H groups in total. The van der Waals surface area contributed by atoms with Crippen LogP contribution in [0.15, 0.2) is 24.3 Å². The van der Waals surface area contributed by atoms with E-state index in [1.807, 2.05) is 31.2 Å². The van der Waals surface area contributed by atoms with Gasteiger partial charge >= 0.3 is 0 Å². The Labute approximate surface area is 126 Å². The minimum absolute atomic E-state index is 0.125. The molecule has 0 bridgehead atoms. The summed E-state index contributed by atoms with van der Waals surface area (Å²) in [5.41, 5.74) is 5.86. The second-order valence-corrected chi connectivity index (χ2v) is 5.47. The molecule has 0 aromatic heterocycles. The highest BCUT2D eigenvalue weighted by Gasteiger charge is 2.31. The highest BCUT2D eigenvalue weighted by molar-refractivity contribution is 5.84. The Morgan fingerprint density at radius 3 is 2.48 bits per heavy atom. The smallest absolute Gasteiger partial charge is 0.237 e. The molecule has 0 aliphatic heterocycles. The molecule has 5 heteroatoms. The van der Waals surface area contributed by atoms with Gasteiger partial charge in [0.15, 0.2) is 0 Å². The van der Waals surface area contributed by atoms with Crippen LogP contribution in [-0.4, -0.2) is 38.3 Å². The van der Waals surface area contributed by atoms with E-state index in [1.165, 1.54) is 5.56 Å².